The van der Waals surface area contributed by atoms with E-state index in [9.17, 15) is 0 Å². The molecule has 5 rings (SSSR count). The van der Waals surface area contributed by atoms with Crippen LogP contribution in [0.1, 0.15) is 31.9 Å². The molecule has 0 aliphatic carbocycles. The molecule has 0 amide bonds. The Morgan fingerprint density at radius 1 is 0.636 bits per heavy atom. The molecule has 3 heterocycles. The lowest BCUT2D eigenvalue weighted by Gasteiger charge is -2.19. The van der Waals surface area contributed by atoms with E-state index in [-0.39, 0.29) is 5.41 Å². The molecule has 162 valence electrons. The molecule has 0 bridgehead atoms. The summed E-state index contributed by atoms with van der Waals surface area (Å²) in [5.41, 5.74) is 9.02. The lowest BCUT2D eigenvalue weighted by molar-refractivity contribution is 0.589. The van der Waals surface area contributed by atoms with Crippen molar-refractivity contribution in [1.82, 2.24) is 15.0 Å². The molecular weight excluding hydrogens is 402 g/mol. The van der Waals surface area contributed by atoms with Crippen molar-refractivity contribution in [1.29, 1.82) is 0 Å². The second-order valence-corrected chi connectivity index (χ2v) is 9.56. The highest BCUT2D eigenvalue weighted by Crippen LogP contribution is 2.36. The van der Waals surface area contributed by atoms with Gasteiger partial charge < -0.3 is 0 Å². The van der Waals surface area contributed by atoms with Crippen molar-refractivity contribution < 1.29 is 0 Å². The van der Waals surface area contributed by atoms with Crippen LogP contribution in [0.15, 0.2) is 91.5 Å². The number of aromatic nitrogens is 3. The van der Waals surface area contributed by atoms with E-state index in [1.165, 1.54) is 16.5 Å². The lowest BCUT2D eigenvalue weighted by Crippen LogP contribution is -2.11. The van der Waals surface area contributed by atoms with Crippen LogP contribution in [0.2, 0.25) is 0 Å². The fourth-order valence-corrected chi connectivity index (χ4v) is 4.19. The van der Waals surface area contributed by atoms with Crippen molar-refractivity contribution in [2.75, 3.05) is 0 Å². The van der Waals surface area contributed by atoms with Gasteiger partial charge in [0, 0.05) is 41.3 Å². The van der Waals surface area contributed by atoms with Crippen LogP contribution in [0.5, 0.6) is 0 Å². The summed E-state index contributed by atoms with van der Waals surface area (Å²) >= 11 is 0. The number of benzene rings is 2. The molecule has 0 N–H and O–H groups in total. The smallest absolute Gasteiger partial charge is 0.0708 e. The number of hydrogen-bond acceptors (Lipinski definition) is 3. The molecule has 0 aliphatic rings. The first-order valence-corrected chi connectivity index (χ1v) is 11.3. The number of hydrogen-bond donors (Lipinski definition) is 0. The summed E-state index contributed by atoms with van der Waals surface area (Å²) < 4.78 is 0. The standard InChI is InChI=1S/C30H27N3/c1-20-8-11-28(33-18-20)26-10-9-24(25-13-14-31-19-27(25)26)21-6-5-7-22(16-21)29-17-23(12-15-32-29)30(2,3)4/h5-19H,1-4H3. The van der Waals surface area contributed by atoms with Gasteiger partial charge in [-0.2, -0.15) is 0 Å². The molecule has 0 unspecified atom stereocenters. The van der Waals surface area contributed by atoms with E-state index in [4.69, 9.17) is 0 Å². The Kier molecular flexibility index (Phi) is 5.26. The van der Waals surface area contributed by atoms with Gasteiger partial charge in [-0.3, -0.25) is 15.0 Å². The van der Waals surface area contributed by atoms with E-state index in [2.05, 4.69) is 109 Å². The summed E-state index contributed by atoms with van der Waals surface area (Å²) in [6.45, 7) is 8.74. The Bertz CT molecular complexity index is 1440. The Hall–Kier alpha value is -3.85. The lowest BCUT2D eigenvalue weighted by atomic mass is 9.86. The van der Waals surface area contributed by atoms with Crippen LogP contribution in [0, 0.1) is 6.92 Å². The average molecular weight is 430 g/mol. The van der Waals surface area contributed by atoms with Crippen LogP contribution in [0.3, 0.4) is 0 Å². The molecule has 0 saturated heterocycles. The first kappa shape index (κ1) is 21.0. The summed E-state index contributed by atoms with van der Waals surface area (Å²) in [5, 5.41) is 2.27. The molecule has 0 fully saturated rings. The predicted molar refractivity (Wildman–Crippen MR) is 137 cm³/mol. The van der Waals surface area contributed by atoms with E-state index < -0.39 is 0 Å². The number of nitrogens with zero attached hydrogens (tertiary/aromatic N) is 3. The van der Waals surface area contributed by atoms with Crippen LogP contribution < -0.4 is 0 Å². The maximum atomic E-state index is 4.66. The largest absolute Gasteiger partial charge is 0.264 e. The summed E-state index contributed by atoms with van der Waals surface area (Å²) in [6, 6.07) is 23.5. The topological polar surface area (TPSA) is 38.7 Å². The van der Waals surface area contributed by atoms with Gasteiger partial charge in [0.25, 0.3) is 0 Å². The molecule has 3 heteroatoms. The molecule has 33 heavy (non-hydrogen) atoms. The highest BCUT2D eigenvalue weighted by molar-refractivity contribution is 6.04. The zero-order valence-corrected chi connectivity index (χ0v) is 19.5. The van der Waals surface area contributed by atoms with Crippen molar-refractivity contribution in [3.8, 4) is 33.6 Å². The fraction of sp³-hybridized carbons (Fsp3) is 0.167. The second kappa shape index (κ2) is 8.25. The molecule has 3 nitrogen and oxygen atoms in total. The third-order valence-electron chi connectivity index (χ3n) is 6.10. The monoisotopic (exact) mass is 429 g/mol. The summed E-state index contributed by atoms with van der Waals surface area (Å²) in [5.74, 6) is 0. The Labute approximate surface area is 195 Å². The summed E-state index contributed by atoms with van der Waals surface area (Å²) in [7, 11) is 0. The van der Waals surface area contributed by atoms with Crippen LogP contribution in [0.25, 0.3) is 44.4 Å². The van der Waals surface area contributed by atoms with Gasteiger partial charge in [0.05, 0.1) is 11.4 Å². The van der Waals surface area contributed by atoms with Gasteiger partial charge >= 0.3 is 0 Å². The van der Waals surface area contributed by atoms with Crippen LogP contribution in [-0.4, -0.2) is 15.0 Å². The van der Waals surface area contributed by atoms with Gasteiger partial charge in [0.2, 0.25) is 0 Å². The third-order valence-corrected chi connectivity index (χ3v) is 6.10. The first-order chi connectivity index (χ1) is 15.9. The predicted octanol–water partition coefficient (Wildman–Crippen LogP) is 7.63. The molecule has 0 atom stereocenters. The van der Waals surface area contributed by atoms with Gasteiger partial charge in [0.1, 0.15) is 0 Å². The number of rotatable bonds is 3. The Balaban J connectivity index is 1.63. The minimum absolute atomic E-state index is 0.0817. The fourth-order valence-electron chi connectivity index (χ4n) is 4.19. The van der Waals surface area contributed by atoms with Gasteiger partial charge in [-0.1, -0.05) is 57.2 Å². The molecule has 0 radical (unpaired) electrons. The maximum Gasteiger partial charge on any atom is 0.0708 e. The second-order valence-electron chi connectivity index (χ2n) is 9.56. The van der Waals surface area contributed by atoms with Crippen molar-refractivity contribution in [3.05, 3.63) is 103 Å². The molecule has 0 saturated carbocycles. The highest BCUT2D eigenvalue weighted by atomic mass is 14.7. The van der Waals surface area contributed by atoms with E-state index in [1.807, 2.05) is 24.8 Å². The molecule has 2 aromatic carbocycles. The zero-order chi connectivity index (χ0) is 23.0. The highest BCUT2D eigenvalue weighted by Gasteiger charge is 2.15. The average Bonchev–Trinajstić information content (AvgIpc) is 2.84. The van der Waals surface area contributed by atoms with Gasteiger partial charge in [-0.25, -0.2) is 0 Å². The van der Waals surface area contributed by atoms with Crippen molar-refractivity contribution in [3.63, 3.8) is 0 Å². The first-order valence-electron chi connectivity index (χ1n) is 11.3. The number of aryl methyl sites for hydroxylation is 1. The zero-order valence-electron chi connectivity index (χ0n) is 19.5. The Morgan fingerprint density at radius 3 is 2.24 bits per heavy atom. The molecular formula is C30H27N3. The van der Waals surface area contributed by atoms with Crippen molar-refractivity contribution in [2.45, 2.75) is 33.1 Å². The quantitative estimate of drug-likeness (QED) is 0.296. The van der Waals surface area contributed by atoms with Crippen LogP contribution in [0.4, 0.5) is 0 Å². The van der Waals surface area contributed by atoms with E-state index in [1.54, 1.807) is 0 Å². The van der Waals surface area contributed by atoms with Gasteiger partial charge in [0.15, 0.2) is 0 Å². The Morgan fingerprint density at radius 2 is 1.45 bits per heavy atom. The molecule has 5 aromatic rings. The van der Waals surface area contributed by atoms with Crippen molar-refractivity contribution in [2.24, 2.45) is 0 Å². The minimum Gasteiger partial charge on any atom is -0.264 e. The molecule has 3 aromatic heterocycles. The molecule has 0 aliphatic heterocycles. The normalized spacial score (nSPS) is 11.6. The summed E-state index contributed by atoms with van der Waals surface area (Å²) in [4.78, 5) is 13.7. The van der Waals surface area contributed by atoms with Gasteiger partial charge in [-0.15, -0.1) is 0 Å². The third kappa shape index (κ3) is 4.14. The van der Waals surface area contributed by atoms with Crippen LogP contribution >= 0.6 is 0 Å². The maximum absolute atomic E-state index is 4.66. The van der Waals surface area contributed by atoms with E-state index >= 15 is 0 Å². The van der Waals surface area contributed by atoms with E-state index in [0.29, 0.717) is 0 Å². The number of pyridine rings is 3. The van der Waals surface area contributed by atoms with Crippen LogP contribution in [-0.2, 0) is 5.41 Å². The van der Waals surface area contributed by atoms with Crippen molar-refractivity contribution >= 4 is 10.8 Å². The minimum atomic E-state index is 0.0817. The van der Waals surface area contributed by atoms with Gasteiger partial charge in [-0.05, 0) is 70.3 Å². The number of fused-ring (bicyclic) bond motifs is 1. The summed E-state index contributed by atoms with van der Waals surface area (Å²) in [6.07, 6.45) is 7.62. The van der Waals surface area contributed by atoms with E-state index in [0.717, 1.165) is 39.0 Å². The SMILES string of the molecule is Cc1ccc(-c2ccc(-c3cccc(-c4cc(C(C)(C)C)ccn4)c3)c3ccncc23)nc1. The molecule has 0 spiro atoms.